The maximum absolute atomic E-state index is 8.87. The number of hydrogen-bond donors (Lipinski definition) is 0. The summed E-state index contributed by atoms with van der Waals surface area (Å²) in [4.78, 5) is 12.3. The van der Waals surface area contributed by atoms with Crippen molar-refractivity contribution in [2.24, 2.45) is 0 Å². The lowest BCUT2D eigenvalue weighted by atomic mass is 9.87. The number of aromatic nitrogens is 2. The SMILES string of the molecule is [2H]c1c([2H])c([2H])c(-c2nc3ccccc3nc2-c2ccccc2N2c3ccc4ccccc4c3-c3cccc4cccc2c34)c([2H])c1[2H]. The Morgan fingerprint density at radius 2 is 1.14 bits per heavy atom. The monoisotopic (exact) mass is 552 g/mol. The first kappa shape index (κ1) is 19.3. The van der Waals surface area contributed by atoms with E-state index >= 15 is 0 Å². The van der Waals surface area contributed by atoms with Crippen LogP contribution in [0.1, 0.15) is 6.85 Å². The molecule has 0 N–H and O–H groups in total. The molecule has 8 aromatic rings. The molecule has 3 nitrogen and oxygen atoms in total. The lowest BCUT2D eigenvalue weighted by Gasteiger charge is -2.35. The highest BCUT2D eigenvalue weighted by atomic mass is 15.2. The Morgan fingerprint density at radius 1 is 0.488 bits per heavy atom. The summed E-state index contributed by atoms with van der Waals surface area (Å²) in [6, 6.07) is 38.9. The number of nitrogens with zero attached hydrogens (tertiary/aromatic N) is 3. The lowest BCUT2D eigenvalue weighted by molar-refractivity contribution is 1.26. The standard InChI is InChI=1S/C40H25N3/c1-2-13-28(14-3-1)39-40(42-33-21-8-7-20-32(33)41-39)30-18-6-9-22-34(30)43-35-23-11-16-27-15-10-19-31(37(27)35)38-29-17-5-4-12-26(29)24-25-36(38)43/h1-25H/i1D,2D,3D,13D,14D. The minimum atomic E-state index is -0.451. The van der Waals surface area contributed by atoms with E-state index in [2.05, 4.69) is 77.7 Å². The van der Waals surface area contributed by atoms with Crippen LogP contribution in [0.4, 0.5) is 17.1 Å². The van der Waals surface area contributed by atoms with Gasteiger partial charge in [-0.2, -0.15) is 0 Å². The Bertz CT molecular complexity index is 2620. The second kappa shape index (κ2) is 9.37. The third kappa shape index (κ3) is 3.62. The van der Waals surface area contributed by atoms with Crippen LogP contribution in [0, 0.1) is 0 Å². The van der Waals surface area contributed by atoms with E-state index in [9.17, 15) is 0 Å². The summed E-state index contributed by atoms with van der Waals surface area (Å²) >= 11 is 0. The van der Waals surface area contributed by atoms with E-state index in [1.54, 1.807) is 0 Å². The summed E-state index contributed by atoms with van der Waals surface area (Å²) < 4.78 is 42.8. The fourth-order valence-electron chi connectivity index (χ4n) is 6.43. The molecule has 2 heterocycles. The van der Waals surface area contributed by atoms with Crippen molar-refractivity contribution in [1.29, 1.82) is 0 Å². The third-order valence-electron chi connectivity index (χ3n) is 8.25. The second-order valence-corrected chi connectivity index (χ2v) is 10.6. The Labute approximate surface area is 256 Å². The van der Waals surface area contributed by atoms with E-state index in [0.717, 1.165) is 49.7 Å². The highest BCUT2D eigenvalue weighted by molar-refractivity contribution is 6.20. The van der Waals surface area contributed by atoms with Gasteiger partial charge in [-0.05, 0) is 52.1 Å². The van der Waals surface area contributed by atoms with Crippen LogP contribution < -0.4 is 4.90 Å². The summed E-state index contributed by atoms with van der Waals surface area (Å²) in [5.41, 5.74) is 7.72. The molecule has 0 bridgehead atoms. The minimum Gasteiger partial charge on any atom is -0.309 e. The van der Waals surface area contributed by atoms with Crippen molar-refractivity contribution in [3.8, 4) is 33.6 Å². The molecule has 1 aliphatic heterocycles. The maximum atomic E-state index is 8.87. The molecule has 0 fully saturated rings. The summed E-state index contributed by atoms with van der Waals surface area (Å²) in [6.07, 6.45) is 0. The van der Waals surface area contributed by atoms with Crippen molar-refractivity contribution in [2.45, 2.75) is 0 Å². The summed E-state index contributed by atoms with van der Waals surface area (Å²) in [5, 5.41) is 4.54. The van der Waals surface area contributed by atoms with E-state index in [1.807, 2.05) is 48.5 Å². The molecule has 0 amide bonds. The molecule has 0 saturated carbocycles. The molecular weight excluding hydrogens is 522 g/mol. The fourth-order valence-corrected chi connectivity index (χ4v) is 6.43. The van der Waals surface area contributed by atoms with Crippen LogP contribution in [0.5, 0.6) is 0 Å². The molecular formula is C40H25N3. The largest absolute Gasteiger partial charge is 0.309 e. The second-order valence-electron chi connectivity index (χ2n) is 10.6. The van der Waals surface area contributed by atoms with Crippen molar-refractivity contribution >= 4 is 49.6 Å². The average molecular weight is 553 g/mol. The van der Waals surface area contributed by atoms with Crippen LogP contribution in [0.2, 0.25) is 0 Å². The molecule has 0 aliphatic carbocycles. The highest BCUT2D eigenvalue weighted by Crippen LogP contribution is 2.54. The van der Waals surface area contributed by atoms with E-state index in [0.29, 0.717) is 22.3 Å². The van der Waals surface area contributed by atoms with Crippen LogP contribution in [0.3, 0.4) is 0 Å². The van der Waals surface area contributed by atoms with Gasteiger partial charge in [-0.15, -0.1) is 0 Å². The number of fused-ring (bicyclic) bond motifs is 5. The van der Waals surface area contributed by atoms with Crippen molar-refractivity contribution < 1.29 is 6.85 Å². The quantitative estimate of drug-likeness (QED) is 0.218. The number of benzene rings is 7. The molecule has 0 spiro atoms. The molecule has 0 unspecified atom stereocenters. The number of hydrogen-bond acceptors (Lipinski definition) is 3. The Morgan fingerprint density at radius 3 is 2.00 bits per heavy atom. The number of anilines is 3. The van der Waals surface area contributed by atoms with Gasteiger partial charge in [0.05, 0.1) is 46.3 Å². The van der Waals surface area contributed by atoms with Crippen LogP contribution in [0.15, 0.2) is 152 Å². The fraction of sp³-hybridized carbons (Fsp3) is 0. The zero-order chi connectivity index (χ0) is 32.7. The van der Waals surface area contributed by atoms with Gasteiger partial charge in [-0.25, -0.2) is 9.97 Å². The van der Waals surface area contributed by atoms with Gasteiger partial charge < -0.3 is 4.90 Å². The third-order valence-corrected chi connectivity index (χ3v) is 8.25. The molecule has 7 aromatic carbocycles. The van der Waals surface area contributed by atoms with Gasteiger partial charge in [0, 0.05) is 22.1 Å². The van der Waals surface area contributed by atoms with E-state index in [-0.39, 0.29) is 23.3 Å². The zero-order valence-electron chi connectivity index (χ0n) is 27.9. The molecule has 43 heavy (non-hydrogen) atoms. The summed E-state index contributed by atoms with van der Waals surface area (Å²) in [7, 11) is 0. The highest BCUT2D eigenvalue weighted by Gasteiger charge is 2.29. The van der Waals surface area contributed by atoms with Crippen molar-refractivity contribution in [2.75, 3.05) is 4.90 Å². The zero-order valence-corrected chi connectivity index (χ0v) is 22.9. The van der Waals surface area contributed by atoms with Crippen LogP contribution >= 0.6 is 0 Å². The topological polar surface area (TPSA) is 29.0 Å². The van der Waals surface area contributed by atoms with Gasteiger partial charge in [0.15, 0.2) is 0 Å². The Balaban J connectivity index is 1.40. The predicted molar refractivity (Wildman–Crippen MR) is 179 cm³/mol. The molecule has 0 saturated heterocycles. The van der Waals surface area contributed by atoms with E-state index in [4.69, 9.17) is 16.8 Å². The molecule has 1 aromatic heterocycles. The molecule has 200 valence electrons. The molecule has 0 atom stereocenters. The van der Waals surface area contributed by atoms with Crippen molar-refractivity contribution in [1.82, 2.24) is 9.97 Å². The van der Waals surface area contributed by atoms with Crippen LogP contribution in [-0.4, -0.2) is 9.97 Å². The van der Waals surface area contributed by atoms with Gasteiger partial charge in [-0.1, -0.05) is 121 Å². The van der Waals surface area contributed by atoms with Gasteiger partial charge in [0.1, 0.15) is 0 Å². The maximum Gasteiger partial charge on any atom is 0.0994 e. The molecule has 1 aliphatic rings. The first-order valence-corrected chi connectivity index (χ1v) is 14.2. The first-order valence-electron chi connectivity index (χ1n) is 16.7. The van der Waals surface area contributed by atoms with E-state index < -0.39 is 18.1 Å². The molecule has 0 radical (unpaired) electrons. The molecule has 9 rings (SSSR count). The average Bonchev–Trinajstić information content (AvgIpc) is 3.13. The van der Waals surface area contributed by atoms with Crippen molar-refractivity contribution in [3.63, 3.8) is 0 Å². The summed E-state index contributed by atoms with van der Waals surface area (Å²) in [6.45, 7) is 0. The van der Waals surface area contributed by atoms with Gasteiger partial charge in [0.2, 0.25) is 0 Å². The summed E-state index contributed by atoms with van der Waals surface area (Å²) in [5.74, 6) is 0. The van der Waals surface area contributed by atoms with Gasteiger partial charge >= 0.3 is 0 Å². The Hall–Kier alpha value is -5.80. The van der Waals surface area contributed by atoms with E-state index in [1.165, 1.54) is 0 Å². The smallest absolute Gasteiger partial charge is 0.0994 e. The lowest BCUT2D eigenvalue weighted by Crippen LogP contribution is -2.16. The van der Waals surface area contributed by atoms with Gasteiger partial charge in [-0.3, -0.25) is 0 Å². The number of rotatable bonds is 3. The minimum absolute atomic E-state index is 0.0153. The van der Waals surface area contributed by atoms with Gasteiger partial charge in [0.25, 0.3) is 0 Å². The number of para-hydroxylation sites is 3. The van der Waals surface area contributed by atoms with Crippen LogP contribution in [-0.2, 0) is 0 Å². The first-order chi connectivity index (χ1) is 23.4. The van der Waals surface area contributed by atoms with Crippen LogP contribution in [0.25, 0.3) is 66.2 Å². The Kier molecular flexibility index (Phi) is 4.21. The predicted octanol–water partition coefficient (Wildman–Crippen LogP) is 10.7. The van der Waals surface area contributed by atoms with Crippen molar-refractivity contribution in [3.05, 3.63) is 152 Å². The normalized spacial score (nSPS) is 13.8. The molecule has 3 heteroatoms.